The Morgan fingerprint density at radius 1 is 1.08 bits per heavy atom. The SMILES string of the molecule is CCOC(=O)C(C)OC(=O)C(C=C=CCC(C)(C)C(C)CC)CC. The minimum absolute atomic E-state index is 0.205. The van der Waals surface area contributed by atoms with Gasteiger partial charge in [0.2, 0.25) is 0 Å². The topological polar surface area (TPSA) is 52.6 Å². The minimum Gasteiger partial charge on any atom is -0.463 e. The number of esters is 2. The van der Waals surface area contributed by atoms with Crippen molar-refractivity contribution >= 4 is 11.9 Å². The van der Waals surface area contributed by atoms with Gasteiger partial charge in [-0.2, -0.15) is 0 Å². The van der Waals surface area contributed by atoms with Crippen LogP contribution in [-0.4, -0.2) is 24.6 Å². The normalized spacial score (nSPS) is 14.8. The number of hydrogen-bond donors (Lipinski definition) is 0. The third-order valence-electron chi connectivity index (χ3n) is 4.64. The fourth-order valence-electron chi connectivity index (χ4n) is 2.18. The summed E-state index contributed by atoms with van der Waals surface area (Å²) in [5.74, 6) is -0.714. The van der Waals surface area contributed by atoms with Gasteiger partial charge in [0.25, 0.3) is 0 Å². The highest BCUT2D eigenvalue weighted by atomic mass is 16.6. The van der Waals surface area contributed by atoms with Gasteiger partial charge in [0.15, 0.2) is 6.10 Å². The number of ether oxygens (including phenoxy) is 2. The van der Waals surface area contributed by atoms with E-state index in [-0.39, 0.29) is 12.0 Å². The van der Waals surface area contributed by atoms with Crippen molar-refractivity contribution in [3.8, 4) is 0 Å². The minimum atomic E-state index is -0.881. The lowest BCUT2D eigenvalue weighted by Gasteiger charge is -2.29. The molecule has 0 bridgehead atoms. The Labute approximate surface area is 147 Å². The maximum Gasteiger partial charge on any atom is 0.347 e. The summed E-state index contributed by atoms with van der Waals surface area (Å²) in [5, 5.41) is 0. The third-order valence-corrected chi connectivity index (χ3v) is 4.64. The van der Waals surface area contributed by atoms with Crippen molar-refractivity contribution in [2.75, 3.05) is 6.61 Å². The summed E-state index contributed by atoms with van der Waals surface area (Å²) < 4.78 is 10.0. The fraction of sp³-hybridized carbons (Fsp3) is 0.750. The van der Waals surface area contributed by atoms with Gasteiger partial charge in [-0.05, 0) is 50.2 Å². The molecule has 0 aliphatic heterocycles. The zero-order chi connectivity index (χ0) is 18.8. The summed E-state index contributed by atoms with van der Waals surface area (Å²) in [6, 6.07) is 0. The Bertz CT molecular complexity index is 458. The summed E-state index contributed by atoms with van der Waals surface area (Å²) in [6.45, 7) is 14.3. The lowest BCUT2D eigenvalue weighted by atomic mass is 9.76. The van der Waals surface area contributed by atoms with Gasteiger partial charge in [0.1, 0.15) is 0 Å². The van der Waals surface area contributed by atoms with Gasteiger partial charge in [-0.15, -0.1) is 5.73 Å². The van der Waals surface area contributed by atoms with E-state index in [4.69, 9.17) is 9.47 Å². The first kappa shape index (κ1) is 22.5. The van der Waals surface area contributed by atoms with E-state index in [1.807, 2.05) is 13.0 Å². The van der Waals surface area contributed by atoms with Crippen molar-refractivity contribution in [3.05, 3.63) is 17.9 Å². The van der Waals surface area contributed by atoms with Gasteiger partial charge < -0.3 is 9.47 Å². The summed E-state index contributed by atoms with van der Waals surface area (Å²) in [4.78, 5) is 23.6. The molecule has 0 aromatic rings. The molecule has 3 unspecified atom stereocenters. The van der Waals surface area contributed by atoms with Crippen molar-refractivity contribution in [3.63, 3.8) is 0 Å². The number of carbonyl (C=O) groups is 2. The van der Waals surface area contributed by atoms with E-state index in [9.17, 15) is 9.59 Å². The van der Waals surface area contributed by atoms with Gasteiger partial charge in [-0.1, -0.05) is 41.0 Å². The van der Waals surface area contributed by atoms with E-state index in [1.165, 1.54) is 6.92 Å². The van der Waals surface area contributed by atoms with Crippen LogP contribution in [-0.2, 0) is 19.1 Å². The van der Waals surface area contributed by atoms with Gasteiger partial charge >= 0.3 is 11.9 Å². The molecule has 0 aromatic carbocycles. The number of hydrogen-bond acceptors (Lipinski definition) is 4. The highest BCUT2D eigenvalue weighted by Gasteiger charge is 2.24. The average Bonchev–Trinajstić information content (AvgIpc) is 2.53. The van der Waals surface area contributed by atoms with Gasteiger partial charge in [0, 0.05) is 0 Å². The molecule has 138 valence electrons. The zero-order valence-electron chi connectivity index (χ0n) is 16.3. The lowest BCUT2D eigenvalue weighted by molar-refractivity contribution is -0.168. The molecule has 0 N–H and O–H groups in total. The molecule has 0 saturated heterocycles. The van der Waals surface area contributed by atoms with Crippen molar-refractivity contribution < 1.29 is 19.1 Å². The highest BCUT2D eigenvalue weighted by molar-refractivity contribution is 5.80. The highest BCUT2D eigenvalue weighted by Crippen LogP contribution is 2.32. The van der Waals surface area contributed by atoms with Crippen LogP contribution in [0.4, 0.5) is 0 Å². The smallest absolute Gasteiger partial charge is 0.347 e. The van der Waals surface area contributed by atoms with Gasteiger partial charge in [-0.25, -0.2) is 4.79 Å². The quantitative estimate of drug-likeness (QED) is 0.429. The van der Waals surface area contributed by atoms with Crippen LogP contribution in [0.2, 0.25) is 0 Å². The molecule has 0 rings (SSSR count). The Balaban J connectivity index is 4.71. The average molecular weight is 338 g/mol. The number of carbonyl (C=O) groups excluding carboxylic acids is 2. The lowest BCUT2D eigenvalue weighted by Crippen LogP contribution is -2.28. The molecule has 0 saturated carbocycles. The van der Waals surface area contributed by atoms with Crippen molar-refractivity contribution in [1.29, 1.82) is 0 Å². The molecule has 0 fully saturated rings. The largest absolute Gasteiger partial charge is 0.463 e. The van der Waals surface area contributed by atoms with E-state index < -0.39 is 24.0 Å². The molecule has 0 amide bonds. The van der Waals surface area contributed by atoms with E-state index in [0.29, 0.717) is 12.3 Å². The monoisotopic (exact) mass is 338 g/mol. The molecular formula is C20H34O4. The molecule has 24 heavy (non-hydrogen) atoms. The fourth-order valence-corrected chi connectivity index (χ4v) is 2.18. The molecule has 0 heterocycles. The Hall–Kier alpha value is -1.54. The van der Waals surface area contributed by atoms with Crippen LogP contribution in [0.3, 0.4) is 0 Å². The Kier molecular flexibility index (Phi) is 10.4. The number of rotatable bonds is 10. The predicted molar refractivity (Wildman–Crippen MR) is 96.5 cm³/mol. The maximum atomic E-state index is 12.1. The standard InChI is InChI=1S/C20H34O4/c1-8-15(4)20(6,7)14-12-11-13-17(9-2)19(22)24-16(5)18(21)23-10-3/h12-13,15-17H,8-10,14H2,1-7H3. The van der Waals surface area contributed by atoms with Crippen LogP contribution in [0.25, 0.3) is 0 Å². The second kappa shape index (κ2) is 11.1. The van der Waals surface area contributed by atoms with Crippen LogP contribution in [0.1, 0.15) is 67.7 Å². The van der Waals surface area contributed by atoms with E-state index in [0.717, 1.165) is 12.8 Å². The molecule has 0 aliphatic carbocycles. The van der Waals surface area contributed by atoms with Crippen LogP contribution >= 0.6 is 0 Å². The van der Waals surface area contributed by atoms with E-state index in [1.54, 1.807) is 13.0 Å². The molecule has 0 spiro atoms. The third kappa shape index (κ3) is 7.83. The molecular weight excluding hydrogens is 304 g/mol. The molecule has 4 heteroatoms. The molecule has 0 radical (unpaired) electrons. The van der Waals surface area contributed by atoms with Gasteiger partial charge in [-0.3, -0.25) is 4.79 Å². The first-order valence-corrected chi connectivity index (χ1v) is 8.97. The first-order valence-electron chi connectivity index (χ1n) is 8.97. The van der Waals surface area contributed by atoms with E-state index in [2.05, 4.69) is 33.4 Å². The molecule has 0 aromatic heterocycles. The van der Waals surface area contributed by atoms with Crippen molar-refractivity contribution in [1.82, 2.24) is 0 Å². The summed E-state index contributed by atoms with van der Waals surface area (Å²) in [7, 11) is 0. The predicted octanol–water partition coefficient (Wildman–Crippen LogP) is 4.68. The maximum absolute atomic E-state index is 12.1. The Morgan fingerprint density at radius 3 is 2.21 bits per heavy atom. The van der Waals surface area contributed by atoms with Crippen LogP contribution in [0.15, 0.2) is 17.9 Å². The second-order valence-electron chi connectivity index (χ2n) is 6.89. The summed E-state index contributed by atoms with van der Waals surface area (Å²) in [5.41, 5.74) is 3.32. The molecule has 3 atom stereocenters. The summed E-state index contributed by atoms with van der Waals surface area (Å²) in [6.07, 6.45) is 5.48. The van der Waals surface area contributed by atoms with Crippen LogP contribution < -0.4 is 0 Å². The van der Waals surface area contributed by atoms with E-state index >= 15 is 0 Å². The van der Waals surface area contributed by atoms with Crippen molar-refractivity contribution in [2.45, 2.75) is 73.8 Å². The van der Waals surface area contributed by atoms with Crippen LogP contribution in [0, 0.1) is 17.3 Å². The summed E-state index contributed by atoms with van der Waals surface area (Å²) >= 11 is 0. The zero-order valence-corrected chi connectivity index (χ0v) is 16.3. The Morgan fingerprint density at radius 2 is 1.71 bits per heavy atom. The molecule has 0 aliphatic rings. The molecule has 4 nitrogen and oxygen atoms in total. The van der Waals surface area contributed by atoms with Gasteiger partial charge in [0.05, 0.1) is 12.5 Å². The second-order valence-corrected chi connectivity index (χ2v) is 6.89. The van der Waals surface area contributed by atoms with Crippen LogP contribution in [0.5, 0.6) is 0 Å². The van der Waals surface area contributed by atoms with Crippen molar-refractivity contribution in [2.24, 2.45) is 17.3 Å². The first-order chi connectivity index (χ1) is 11.2.